The molecule has 1 aromatic rings. The summed E-state index contributed by atoms with van der Waals surface area (Å²) in [5.41, 5.74) is 0.469. The van der Waals surface area contributed by atoms with Crippen molar-refractivity contribution in [2.45, 2.75) is 70.1 Å². The highest BCUT2D eigenvalue weighted by Crippen LogP contribution is 2.37. The predicted molar refractivity (Wildman–Crippen MR) is 98.6 cm³/mol. The van der Waals surface area contributed by atoms with Crippen LogP contribution in [0.3, 0.4) is 0 Å². The van der Waals surface area contributed by atoms with Gasteiger partial charge in [-0.25, -0.2) is 0 Å². The fraction of sp³-hybridized carbons (Fsp3) is 0.625. The van der Waals surface area contributed by atoms with Crippen LogP contribution in [-0.2, 0) is 9.31 Å². The number of hydrogen-bond donors (Lipinski definition) is 1. The molecular formula is C16H25BBrNO2S. The fourth-order valence-corrected chi connectivity index (χ4v) is 3.28. The van der Waals surface area contributed by atoms with E-state index in [0.717, 1.165) is 14.8 Å². The highest BCUT2D eigenvalue weighted by atomic mass is 79.9. The lowest BCUT2D eigenvalue weighted by molar-refractivity contribution is 0.00578. The van der Waals surface area contributed by atoms with Gasteiger partial charge in [-0.15, -0.1) is 0 Å². The number of benzene rings is 1. The normalized spacial score (nSPS) is 20.5. The van der Waals surface area contributed by atoms with Gasteiger partial charge in [0.2, 0.25) is 0 Å². The molecule has 1 N–H and O–H groups in total. The minimum Gasteiger partial charge on any atom is -0.399 e. The maximum Gasteiger partial charge on any atom is 0.494 e. The van der Waals surface area contributed by atoms with Crippen molar-refractivity contribution in [3.63, 3.8) is 0 Å². The van der Waals surface area contributed by atoms with Gasteiger partial charge in [0, 0.05) is 14.9 Å². The minimum absolute atomic E-state index is 0.0640. The molecule has 0 atom stereocenters. The molecule has 0 amide bonds. The fourth-order valence-electron chi connectivity index (χ4n) is 1.93. The van der Waals surface area contributed by atoms with Gasteiger partial charge in [-0.3, -0.25) is 4.72 Å². The summed E-state index contributed by atoms with van der Waals surface area (Å²) in [6.45, 7) is 14.7. The van der Waals surface area contributed by atoms with Crippen molar-refractivity contribution < 1.29 is 9.31 Å². The molecule has 0 unspecified atom stereocenters. The van der Waals surface area contributed by atoms with Gasteiger partial charge in [-0.1, -0.05) is 6.07 Å². The van der Waals surface area contributed by atoms with E-state index in [2.05, 4.69) is 87.3 Å². The molecule has 122 valence electrons. The summed E-state index contributed by atoms with van der Waals surface area (Å²) in [5, 5.41) is 0. The molecule has 2 rings (SSSR count). The highest BCUT2D eigenvalue weighted by Gasteiger charge is 2.51. The lowest BCUT2D eigenvalue weighted by Gasteiger charge is -2.32. The van der Waals surface area contributed by atoms with Crippen LogP contribution in [0.2, 0.25) is 0 Å². The zero-order chi connectivity index (χ0) is 16.8. The molecule has 22 heavy (non-hydrogen) atoms. The summed E-state index contributed by atoms with van der Waals surface area (Å²) >= 11 is 5.27. The van der Waals surface area contributed by atoms with Gasteiger partial charge in [0.05, 0.1) is 11.2 Å². The van der Waals surface area contributed by atoms with Crippen molar-refractivity contribution in [2.75, 3.05) is 0 Å². The van der Waals surface area contributed by atoms with Crippen molar-refractivity contribution in [2.24, 2.45) is 0 Å². The monoisotopic (exact) mass is 385 g/mol. The Balaban J connectivity index is 2.14. The molecule has 1 heterocycles. The van der Waals surface area contributed by atoms with Gasteiger partial charge in [-0.2, -0.15) is 0 Å². The Labute approximate surface area is 147 Å². The lowest BCUT2D eigenvalue weighted by Crippen LogP contribution is -2.41. The second kappa shape index (κ2) is 6.13. The van der Waals surface area contributed by atoms with Gasteiger partial charge in [0.15, 0.2) is 0 Å². The van der Waals surface area contributed by atoms with Gasteiger partial charge >= 0.3 is 7.12 Å². The van der Waals surface area contributed by atoms with E-state index in [1.54, 1.807) is 11.9 Å². The van der Waals surface area contributed by atoms with Crippen molar-refractivity contribution in [1.82, 2.24) is 4.72 Å². The molecule has 0 aliphatic carbocycles. The summed E-state index contributed by atoms with van der Waals surface area (Å²) in [4.78, 5) is 1.15. The van der Waals surface area contributed by atoms with E-state index in [4.69, 9.17) is 9.31 Å². The molecule has 0 radical (unpaired) electrons. The predicted octanol–water partition coefficient (Wildman–Crippen LogP) is 4.14. The minimum atomic E-state index is -0.323. The molecule has 0 spiro atoms. The number of hydrogen-bond acceptors (Lipinski definition) is 4. The summed E-state index contributed by atoms with van der Waals surface area (Å²) in [7, 11) is -0.323. The summed E-state index contributed by atoms with van der Waals surface area (Å²) in [6.07, 6.45) is 0. The third-order valence-electron chi connectivity index (χ3n) is 3.95. The van der Waals surface area contributed by atoms with Crippen molar-refractivity contribution >= 4 is 40.5 Å². The van der Waals surface area contributed by atoms with Crippen LogP contribution in [0.1, 0.15) is 48.5 Å². The molecule has 1 aliphatic heterocycles. The molecule has 1 saturated heterocycles. The van der Waals surface area contributed by atoms with Gasteiger partial charge in [0.1, 0.15) is 0 Å². The molecule has 1 fully saturated rings. The Hall–Kier alpha value is -0.00506. The molecular weight excluding hydrogens is 361 g/mol. The topological polar surface area (TPSA) is 30.5 Å². The van der Waals surface area contributed by atoms with Crippen LogP contribution in [-0.4, -0.2) is 23.9 Å². The molecule has 0 bridgehead atoms. The zero-order valence-corrected chi connectivity index (χ0v) is 16.8. The standard InChI is InChI=1S/C16H25BBrNO2S/c1-14(2,3)19-22-13-9-8-11(10-12(13)18)17-20-15(4,5)16(6,7)21-17/h8-10,19H,1-7H3. The molecule has 3 nitrogen and oxygen atoms in total. The first-order valence-corrected chi connectivity index (χ1v) is 9.11. The zero-order valence-electron chi connectivity index (χ0n) is 14.4. The molecule has 1 aromatic carbocycles. The second-order valence-electron chi connectivity index (χ2n) is 7.73. The van der Waals surface area contributed by atoms with Gasteiger partial charge in [0.25, 0.3) is 0 Å². The van der Waals surface area contributed by atoms with Crippen LogP contribution in [0.5, 0.6) is 0 Å². The lowest BCUT2D eigenvalue weighted by atomic mass is 9.79. The average molecular weight is 386 g/mol. The Bertz CT molecular complexity index is 542. The third kappa shape index (κ3) is 4.09. The quantitative estimate of drug-likeness (QED) is 0.625. The smallest absolute Gasteiger partial charge is 0.399 e. The van der Waals surface area contributed by atoms with Crippen LogP contribution in [0.25, 0.3) is 0 Å². The van der Waals surface area contributed by atoms with E-state index in [0.29, 0.717) is 0 Å². The summed E-state index contributed by atoms with van der Waals surface area (Å²) in [6, 6.07) is 6.24. The Morgan fingerprint density at radius 2 is 1.64 bits per heavy atom. The number of halogens is 1. The first-order chi connectivity index (χ1) is 9.91. The highest BCUT2D eigenvalue weighted by molar-refractivity contribution is 9.10. The van der Waals surface area contributed by atoms with E-state index in [-0.39, 0.29) is 23.9 Å². The Morgan fingerprint density at radius 3 is 2.09 bits per heavy atom. The molecule has 1 aliphatic rings. The van der Waals surface area contributed by atoms with E-state index in [1.807, 2.05) is 0 Å². The van der Waals surface area contributed by atoms with Gasteiger partial charge in [-0.05, 0) is 93.9 Å². The van der Waals surface area contributed by atoms with E-state index in [1.165, 1.54) is 0 Å². The van der Waals surface area contributed by atoms with E-state index < -0.39 is 0 Å². The largest absolute Gasteiger partial charge is 0.494 e. The summed E-state index contributed by atoms with van der Waals surface area (Å²) in [5.74, 6) is 0. The average Bonchev–Trinajstić information content (AvgIpc) is 2.56. The Kier molecular flexibility index (Phi) is 5.11. The van der Waals surface area contributed by atoms with Crippen molar-refractivity contribution in [3.8, 4) is 0 Å². The van der Waals surface area contributed by atoms with Crippen molar-refractivity contribution in [3.05, 3.63) is 22.7 Å². The third-order valence-corrected chi connectivity index (χ3v) is 6.16. The molecule has 6 heteroatoms. The first kappa shape index (κ1) is 18.3. The maximum absolute atomic E-state index is 6.09. The van der Waals surface area contributed by atoms with E-state index in [9.17, 15) is 0 Å². The van der Waals surface area contributed by atoms with E-state index >= 15 is 0 Å². The van der Waals surface area contributed by atoms with Crippen LogP contribution in [0.15, 0.2) is 27.6 Å². The number of rotatable bonds is 3. The van der Waals surface area contributed by atoms with Gasteiger partial charge < -0.3 is 9.31 Å². The summed E-state index contributed by atoms with van der Waals surface area (Å²) < 4.78 is 16.6. The SMILES string of the molecule is CC(C)(C)NSc1ccc(B2OC(C)(C)C(C)(C)O2)cc1Br. The number of nitrogens with one attached hydrogen (secondary N) is 1. The van der Waals surface area contributed by atoms with Crippen molar-refractivity contribution in [1.29, 1.82) is 0 Å². The van der Waals surface area contributed by atoms with Crippen LogP contribution >= 0.6 is 27.9 Å². The maximum atomic E-state index is 6.09. The van der Waals surface area contributed by atoms with Crippen LogP contribution in [0, 0.1) is 0 Å². The second-order valence-corrected chi connectivity index (χ2v) is 9.43. The van der Waals surface area contributed by atoms with Crippen LogP contribution in [0.4, 0.5) is 0 Å². The Morgan fingerprint density at radius 1 is 1.09 bits per heavy atom. The molecule has 0 aromatic heterocycles. The van der Waals surface area contributed by atoms with Crippen LogP contribution < -0.4 is 10.2 Å². The first-order valence-electron chi connectivity index (χ1n) is 7.50. The molecule has 0 saturated carbocycles.